The first-order valence-corrected chi connectivity index (χ1v) is 6.36. The van der Waals surface area contributed by atoms with Crippen molar-refractivity contribution >= 4 is 6.09 Å². The summed E-state index contributed by atoms with van der Waals surface area (Å²) < 4.78 is 5.12. The molecule has 1 aromatic rings. The van der Waals surface area contributed by atoms with E-state index in [4.69, 9.17) is 9.84 Å². The Kier molecular flexibility index (Phi) is 4.59. The highest BCUT2D eigenvalue weighted by atomic mass is 16.6. The van der Waals surface area contributed by atoms with E-state index in [9.17, 15) is 4.79 Å². The van der Waals surface area contributed by atoms with Crippen molar-refractivity contribution in [1.82, 2.24) is 4.90 Å². The maximum absolute atomic E-state index is 11.6. The van der Waals surface area contributed by atoms with Gasteiger partial charge in [0.2, 0.25) is 0 Å². The second-order valence-corrected chi connectivity index (χ2v) is 4.64. The second-order valence-electron chi connectivity index (χ2n) is 4.64. The number of carbonyl (C=O) groups excluding carboxylic acids is 1. The molecule has 18 heavy (non-hydrogen) atoms. The van der Waals surface area contributed by atoms with Crippen LogP contribution >= 0.6 is 0 Å². The SMILES string of the molecule is O=C1OCC(CCO)CN1CCc1ccccc1. The van der Waals surface area contributed by atoms with Gasteiger partial charge in [0.15, 0.2) is 0 Å². The van der Waals surface area contributed by atoms with Gasteiger partial charge in [-0.3, -0.25) is 0 Å². The number of hydrogen-bond acceptors (Lipinski definition) is 3. The Morgan fingerprint density at radius 3 is 2.83 bits per heavy atom. The van der Waals surface area contributed by atoms with Gasteiger partial charge in [0.25, 0.3) is 0 Å². The summed E-state index contributed by atoms with van der Waals surface area (Å²) in [7, 11) is 0. The van der Waals surface area contributed by atoms with E-state index in [2.05, 4.69) is 12.1 Å². The molecule has 0 aromatic heterocycles. The molecule has 98 valence electrons. The molecule has 1 aliphatic heterocycles. The number of carbonyl (C=O) groups is 1. The minimum atomic E-state index is -0.236. The normalized spacial score (nSPS) is 19.7. The fourth-order valence-corrected chi connectivity index (χ4v) is 2.17. The minimum absolute atomic E-state index is 0.148. The summed E-state index contributed by atoms with van der Waals surface area (Å²) in [6.07, 6.45) is 1.29. The molecule has 1 aromatic carbocycles. The molecule has 0 spiro atoms. The molecular formula is C14H19NO3. The number of benzene rings is 1. The Balaban J connectivity index is 1.85. The van der Waals surface area contributed by atoms with Crippen LogP contribution in [0.25, 0.3) is 0 Å². The van der Waals surface area contributed by atoms with E-state index in [1.807, 2.05) is 18.2 Å². The molecule has 1 fully saturated rings. The maximum atomic E-state index is 11.6. The van der Waals surface area contributed by atoms with Gasteiger partial charge < -0.3 is 14.7 Å². The average molecular weight is 249 g/mol. The largest absolute Gasteiger partial charge is 0.449 e. The topological polar surface area (TPSA) is 49.8 Å². The lowest BCUT2D eigenvalue weighted by Crippen LogP contribution is -2.44. The van der Waals surface area contributed by atoms with Gasteiger partial charge in [0.1, 0.15) is 0 Å². The molecule has 0 aliphatic carbocycles. The standard InChI is InChI=1S/C14H19NO3/c16-9-7-13-10-15(14(17)18-11-13)8-6-12-4-2-1-3-5-12/h1-5,13,16H,6-11H2. The Morgan fingerprint density at radius 2 is 2.11 bits per heavy atom. The molecule has 1 N–H and O–H groups in total. The van der Waals surface area contributed by atoms with Crippen molar-refractivity contribution in [2.45, 2.75) is 12.8 Å². The molecule has 0 radical (unpaired) electrons. The summed E-state index contributed by atoms with van der Waals surface area (Å²) in [6, 6.07) is 10.1. The van der Waals surface area contributed by atoms with E-state index in [1.54, 1.807) is 4.90 Å². The first-order chi connectivity index (χ1) is 8.79. The van der Waals surface area contributed by atoms with Crippen molar-refractivity contribution in [3.05, 3.63) is 35.9 Å². The molecule has 1 amide bonds. The van der Waals surface area contributed by atoms with Crippen LogP contribution in [0, 0.1) is 5.92 Å². The molecule has 1 saturated heterocycles. The Labute approximate surface area is 107 Å². The Morgan fingerprint density at radius 1 is 1.33 bits per heavy atom. The molecule has 4 nitrogen and oxygen atoms in total. The van der Waals surface area contributed by atoms with Gasteiger partial charge in [-0.05, 0) is 18.4 Å². The molecule has 0 bridgehead atoms. The van der Waals surface area contributed by atoms with Crippen LogP contribution in [0.15, 0.2) is 30.3 Å². The monoisotopic (exact) mass is 249 g/mol. The fraction of sp³-hybridized carbons (Fsp3) is 0.500. The molecule has 1 heterocycles. The van der Waals surface area contributed by atoms with Crippen molar-refractivity contribution in [1.29, 1.82) is 0 Å². The van der Waals surface area contributed by atoms with Gasteiger partial charge in [0.05, 0.1) is 6.61 Å². The average Bonchev–Trinajstić information content (AvgIpc) is 2.41. The lowest BCUT2D eigenvalue weighted by atomic mass is 10.1. The van der Waals surface area contributed by atoms with Crippen molar-refractivity contribution in [2.24, 2.45) is 5.92 Å². The number of nitrogens with zero attached hydrogens (tertiary/aromatic N) is 1. The third-order valence-electron chi connectivity index (χ3n) is 3.23. The van der Waals surface area contributed by atoms with Gasteiger partial charge in [0, 0.05) is 25.6 Å². The van der Waals surface area contributed by atoms with Crippen LogP contribution in [-0.4, -0.2) is 42.4 Å². The van der Waals surface area contributed by atoms with Crippen molar-refractivity contribution in [2.75, 3.05) is 26.3 Å². The Hall–Kier alpha value is -1.55. The third kappa shape index (κ3) is 3.47. The number of aliphatic hydroxyl groups is 1. The first kappa shape index (κ1) is 12.9. The molecule has 4 heteroatoms. The molecule has 1 unspecified atom stereocenters. The van der Waals surface area contributed by atoms with Crippen LogP contribution in [0.5, 0.6) is 0 Å². The lowest BCUT2D eigenvalue weighted by molar-refractivity contribution is 0.0361. The number of rotatable bonds is 5. The van der Waals surface area contributed by atoms with Crippen LogP contribution < -0.4 is 0 Å². The van der Waals surface area contributed by atoms with Gasteiger partial charge in [-0.1, -0.05) is 30.3 Å². The number of aliphatic hydroxyl groups excluding tert-OH is 1. The zero-order valence-corrected chi connectivity index (χ0v) is 10.4. The van der Waals surface area contributed by atoms with E-state index in [0.717, 1.165) is 6.42 Å². The third-order valence-corrected chi connectivity index (χ3v) is 3.23. The van der Waals surface area contributed by atoms with Crippen molar-refractivity contribution in [3.8, 4) is 0 Å². The zero-order valence-electron chi connectivity index (χ0n) is 10.4. The number of ether oxygens (including phenoxy) is 1. The van der Waals surface area contributed by atoms with Gasteiger partial charge >= 0.3 is 6.09 Å². The Bertz CT molecular complexity index is 380. The van der Waals surface area contributed by atoms with E-state index < -0.39 is 0 Å². The molecule has 2 rings (SSSR count). The van der Waals surface area contributed by atoms with Crippen LogP contribution in [0.3, 0.4) is 0 Å². The summed E-state index contributed by atoms with van der Waals surface area (Å²) in [6.45, 7) is 1.94. The van der Waals surface area contributed by atoms with Gasteiger partial charge in [-0.15, -0.1) is 0 Å². The maximum Gasteiger partial charge on any atom is 0.409 e. The van der Waals surface area contributed by atoms with E-state index >= 15 is 0 Å². The van der Waals surface area contributed by atoms with Crippen LogP contribution in [0.2, 0.25) is 0 Å². The highest BCUT2D eigenvalue weighted by molar-refractivity contribution is 5.68. The predicted molar refractivity (Wildman–Crippen MR) is 68.3 cm³/mol. The van der Waals surface area contributed by atoms with Crippen molar-refractivity contribution in [3.63, 3.8) is 0 Å². The van der Waals surface area contributed by atoms with Crippen LogP contribution in [-0.2, 0) is 11.2 Å². The highest BCUT2D eigenvalue weighted by Crippen LogP contribution is 2.15. The molecule has 1 atom stereocenters. The van der Waals surface area contributed by atoms with Crippen LogP contribution in [0.1, 0.15) is 12.0 Å². The van der Waals surface area contributed by atoms with E-state index in [0.29, 0.717) is 26.1 Å². The molecule has 1 aliphatic rings. The minimum Gasteiger partial charge on any atom is -0.449 e. The summed E-state index contributed by atoms with van der Waals surface area (Å²) in [5, 5.41) is 8.92. The molecule has 0 saturated carbocycles. The van der Waals surface area contributed by atoms with Crippen LogP contribution in [0.4, 0.5) is 4.79 Å². The highest BCUT2D eigenvalue weighted by Gasteiger charge is 2.26. The quantitative estimate of drug-likeness (QED) is 0.863. The predicted octanol–water partition coefficient (Wildman–Crippen LogP) is 1.68. The zero-order chi connectivity index (χ0) is 12.8. The van der Waals surface area contributed by atoms with Crippen molar-refractivity contribution < 1.29 is 14.6 Å². The molecular weight excluding hydrogens is 230 g/mol. The second kappa shape index (κ2) is 6.40. The number of cyclic esters (lactones) is 1. The van der Waals surface area contributed by atoms with E-state index in [1.165, 1.54) is 5.56 Å². The van der Waals surface area contributed by atoms with Gasteiger partial charge in [-0.2, -0.15) is 0 Å². The smallest absolute Gasteiger partial charge is 0.409 e. The summed E-state index contributed by atoms with van der Waals surface area (Å²) >= 11 is 0. The summed E-state index contributed by atoms with van der Waals surface area (Å²) in [4.78, 5) is 13.3. The van der Waals surface area contributed by atoms with E-state index in [-0.39, 0.29) is 18.6 Å². The van der Waals surface area contributed by atoms with Gasteiger partial charge in [-0.25, -0.2) is 4.79 Å². The summed E-state index contributed by atoms with van der Waals surface area (Å²) in [5.74, 6) is 0.253. The number of amides is 1. The first-order valence-electron chi connectivity index (χ1n) is 6.36. The lowest BCUT2D eigenvalue weighted by Gasteiger charge is -2.32. The number of hydrogen-bond donors (Lipinski definition) is 1. The fourth-order valence-electron chi connectivity index (χ4n) is 2.17. The summed E-state index contributed by atoms with van der Waals surface area (Å²) in [5.41, 5.74) is 1.22.